The number of anilines is 1. The van der Waals surface area contributed by atoms with E-state index in [0.29, 0.717) is 24.3 Å². The SMILES string of the molecule is Cc1cc(C(=O)NC(C)CCO)ccc1NC(=O)CC(C)C. The maximum atomic E-state index is 12.1. The molecule has 1 aromatic carbocycles. The standard InChI is InChI=1S/C17H26N2O3/c1-11(2)9-16(21)19-15-6-5-14(10-12(15)3)17(22)18-13(4)7-8-20/h5-6,10-11,13,20H,7-9H2,1-4H3,(H,18,22)(H,19,21). The minimum absolute atomic E-state index is 0.0214. The number of rotatable bonds is 7. The normalized spacial score (nSPS) is 12.1. The van der Waals surface area contributed by atoms with E-state index < -0.39 is 0 Å². The zero-order valence-electron chi connectivity index (χ0n) is 13.8. The van der Waals surface area contributed by atoms with Gasteiger partial charge in [0.05, 0.1) is 0 Å². The Labute approximate surface area is 132 Å². The van der Waals surface area contributed by atoms with E-state index in [9.17, 15) is 9.59 Å². The second-order valence-electron chi connectivity index (χ2n) is 6.06. The van der Waals surface area contributed by atoms with Crippen molar-refractivity contribution < 1.29 is 14.7 Å². The van der Waals surface area contributed by atoms with Crippen molar-refractivity contribution in [1.82, 2.24) is 5.32 Å². The molecule has 0 aliphatic carbocycles. The molecule has 1 atom stereocenters. The van der Waals surface area contributed by atoms with Gasteiger partial charge in [0.25, 0.3) is 5.91 Å². The molecule has 1 unspecified atom stereocenters. The molecule has 0 saturated heterocycles. The average molecular weight is 306 g/mol. The lowest BCUT2D eigenvalue weighted by molar-refractivity contribution is -0.116. The van der Waals surface area contributed by atoms with Crippen LogP contribution in [0.4, 0.5) is 5.69 Å². The van der Waals surface area contributed by atoms with Crippen LogP contribution in [0.25, 0.3) is 0 Å². The molecule has 0 aliphatic heterocycles. The van der Waals surface area contributed by atoms with Crippen molar-refractivity contribution >= 4 is 17.5 Å². The predicted molar refractivity (Wildman–Crippen MR) is 87.9 cm³/mol. The third kappa shape index (κ3) is 5.85. The molecular weight excluding hydrogens is 280 g/mol. The summed E-state index contributed by atoms with van der Waals surface area (Å²) in [5, 5.41) is 14.5. The molecule has 2 amide bonds. The van der Waals surface area contributed by atoms with Crippen LogP contribution in [0.3, 0.4) is 0 Å². The molecule has 0 aliphatic rings. The Bertz CT molecular complexity index is 527. The molecule has 22 heavy (non-hydrogen) atoms. The van der Waals surface area contributed by atoms with Crippen LogP contribution in [-0.4, -0.2) is 29.6 Å². The molecule has 0 aromatic heterocycles. The first kappa shape index (κ1) is 18.2. The molecule has 0 spiro atoms. The van der Waals surface area contributed by atoms with E-state index in [1.165, 1.54) is 0 Å². The molecule has 0 radical (unpaired) electrons. The number of aliphatic hydroxyl groups excluding tert-OH is 1. The monoisotopic (exact) mass is 306 g/mol. The van der Waals surface area contributed by atoms with Crippen LogP contribution in [-0.2, 0) is 4.79 Å². The Morgan fingerprint density at radius 3 is 2.45 bits per heavy atom. The molecule has 1 aromatic rings. The highest BCUT2D eigenvalue weighted by Crippen LogP contribution is 2.17. The van der Waals surface area contributed by atoms with Gasteiger partial charge in [0.15, 0.2) is 0 Å². The fourth-order valence-corrected chi connectivity index (χ4v) is 2.09. The van der Waals surface area contributed by atoms with Gasteiger partial charge >= 0.3 is 0 Å². The fourth-order valence-electron chi connectivity index (χ4n) is 2.09. The summed E-state index contributed by atoms with van der Waals surface area (Å²) >= 11 is 0. The minimum Gasteiger partial charge on any atom is -0.396 e. The van der Waals surface area contributed by atoms with Gasteiger partial charge in [-0.2, -0.15) is 0 Å². The molecule has 1 rings (SSSR count). The van der Waals surface area contributed by atoms with Gasteiger partial charge in [-0.15, -0.1) is 0 Å². The van der Waals surface area contributed by atoms with Crippen LogP contribution < -0.4 is 10.6 Å². The van der Waals surface area contributed by atoms with Crippen molar-refractivity contribution in [2.75, 3.05) is 11.9 Å². The zero-order chi connectivity index (χ0) is 16.7. The average Bonchev–Trinajstić information content (AvgIpc) is 2.40. The van der Waals surface area contributed by atoms with Crippen molar-refractivity contribution in [1.29, 1.82) is 0 Å². The Hall–Kier alpha value is -1.88. The summed E-state index contributed by atoms with van der Waals surface area (Å²) in [5.41, 5.74) is 2.12. The lowest BCUT2D eigenvalue weighted by Crippen LogP contribution is -2.33. The molecule has 0 bridgehead atoms. The third-order valence-corrected chi connectivity index (χ3v) is 3.30. The van der Waals surface area contributed by atoms with Gasteiger partial charge in [-0.1, -0.05) is 13.8 Å². The van der Waals surface area contributed by atoms with Gasteiger partial charge in [-0.05, 0) is 49.9 Å². The molecule has 3 N–H and O–H groups in total. The molecule has 0 heterocycles. The Balaban J connectivity index is 2.72. The van der Waals surface area contributed by atoms with E-state index >= 15 is 0 Å². The first-order chi connectivity index (χ1) is 10.3. The number of aryl methyl sites for hydroxylation is 1. The number of carbonyl (C=O) groups is 2. The largest absolute Gasteiger partial charge is 0.396 e. The fraction of sp³-hybridized carbons (Fsp3) is 0.529. The number of benzene rings is 1. The van der Waals surface area contributed by atoms with Crippen molar-refractivity contribution in [3.8, 4) is 0 Å². The van der Waals surface area contributed by atoms with Crippen LogP contribution in [0, 0.1) is 12.8 Å². The number of carbonyl (C=O) groups excluding carboxylic acids is 2. The van der Waals surface area contributed by atoms with Crippen LogP contribution >= 0.6 is 0 Å². The van der Waals surface area contributed by atoms with Crippen molar-refractivity contribution in [3.05, 3.63) is 29.3 Å². The van der Waals surface area contributed by atoms with E-state index in [-0.39, 0.29) is 24.5 Å². The van der Waals surface area contributed by atoms with E-state index in [2.05, 4.69) is 10.6 Å². The quantitative estimate of drug-likeness (QED) is 0.724. The van der Waals surface area contributed by atoms with Crippen molar-refractivity contribution in [2.24, 2.45) is 5.92 Å². The first-order valence-electron chi connectivity index (χ1n) is 7.65. The first-order valence-corrected chi connectivity index (χ1v) is 7.65. The molecule has 122 valence electrons. The van der Waals surface area contributed by atoms with Gasteiger partial charge in [0.1, 0.15) is 0 Å². The van der Waals surface area contributed by atoms with E-state index in [0.717, 1.165) is 11.3 Å². The lowest BCUT2D eigenvalue weighted by Gasteiger charge is -2.14. The number of hydrogen-bond acceptors (Lipinski definition) is 3. The van der Waals surface area contributed by atoms with E-state index in [1.54, 1.807) is 18.2 Å². The number of aliphatic hydroxyl groups is 1. The molecule has 5 nitrogen and oxygen atoms in total. The van der Waals surface area contributed by atoms with Crippen molar-refractivity contribution in [2.45, 2.75) is 46.6 Å². The summed E-state index contributed by atoms with van der Waals surface area (Å²) in [6.07, 6.45) is 0.994. The lowest BCUT2D eigenvalue weighted by atomic mass is 10.1. The summed E-state index contributed by atoms with van der Waals surface area (Å²) in [6.45, 7) is 7.74. The maximum Gasteiger partial charge on any atom is 0.251 e. The van der Waals surface area contributed by atoms with Crippen LogP contribution in [0.5, 0.6) is 0 Å². The third-order valence-electron chi connectivity index (χ3n) is 3.30. The highest BCUT2D eigenvalue weighted by molar-refractivity contribution is 5.96. The van der Waals surface area contributed by atoms with E-state index in [1.807, 2.05) is 27.7 Å². The molecule has 0 saturated carbocycles. The topological polar surface area (TPSA) is 78.4 Å². The van der Waals surface area contributed by atoms with Crippen molar-refractivity contribution in [3.63, 3.8) is 0 Å². The number of nitrogens with one attached hydrogen (secondary N) is 2. The predicted octanol–water partition coefficient (Wildman–Crippen LogP) is 2.48. The van der Waals surface area contributed by atoms with Gasteiger partial charge in [0.2, 0.25) is 5.91 Å². The Kier molecular flexibility index (Phi) is 7.05. The Morgan fingerprint density at radius 2 is 1.91 bits per heavy atom. The zero-order valence-corrected chi connectivity index (χ0v) is 13.8. The smallest absolute Gasteiger partial charge is 0.251 e. The maximum absolute atomic E-state index is 12.1. The highest BCUT2D eigenvalue weighted by atomic mass is 16.3. The summed E-state index contributed by atoms with van der Waals surface area (Å²) in [7, 11) is 0. The number of hydrogen-bond donors (Lipinski definition) is 3. The summed E-state index contributed by atoms with van der Waals surface area (Å²) in [5.74, 6) is 0.106. The van der Waals surface area contributed by atoms with Crippen LogP contribution in [0.15, 0.2) is 18.2 Å². The second kappa shape index (κ2) is 8.54. The summed E-state index contributed by atoms with van der Waals surface area (Å²) < 4.78 is 0. The molecular formula is C17H26N2O3. The van der Waals surface area contributed by atoms with Gasteiger partial charge in [-0.3, -0.25) is 9.59 Å². The molecule has 0 fully saturated rings. The molecule has 5 heteroatoms. The van der Waals surface area contributed by atoms with Gasteiger partial charge in [-0.25, -0.2) is 0 Å². The highest BCUT2D eigenvalue weighted by Gasteiger charge is 2.12. The van der Waals surface area contributed by atoms with Gasteiger partial charge in [0, 0.05) is 30.3 Å². The Morgan fingerprint density at radius 1 is 1.23 bits per heavy atom. The van der Waals surface area contributed by atoms with Crippen LogP contribution in [0.2, 0.25) is 0 Å². The van der Waals surface area contributed by atoms with Gasteiger partial charge < -0.3 is 15.7 Å². The number of amides is 2. The summed E-state index contributed by atoms with van der Waals surface area (Å²) in [6, 6.07) is 5.12. The summed E-state index contributed by atoms with van der Waals surface area (Å²) in [4.78, 5) is 23.9. The second-order valence-corrected chi connectivity index (χ2v) is 6.06. The van der Waals surface area contributed by atoms with E-state index in [4.69, 9.17) is 5.11 Å². The minimum atomic E-state index is -0.177. The van der Waals surface area contributed by atoms with Crippen LogP contribution in [0.1, 0.15) is 49.5 Å².